The van der Waals surface area contributed by atoms with Gasteiger partial charge < -0.3 is 15.8 Å². The molecule has 0 bridgehead atoms. The third-order valence-corrected chi connectivity index (χ3v) is 3.13. The number of nitrogens with two attached hydrogens (primary N) is 1. The average Bonchev–Trinajstić information content (AvgIpc) is 2.45. The third-order valence-electron chi connectivity index (χ3n) is 3.13. The monoisotopic (exact) mass is 290 g/mol. The van der Waals surface area contributed by atoms with Crippen molar-refractivity contribution >= 4 is 17.3 Å². The van der Waals surface area contributed by atoms with Gasteiger partial charge in [0, 0.05) is 23.2 Å². The molecule has 21 heavy (non-hydrogen) atoms. The van der Waals surface area contributed by atoms with Crippen LogP contribution < -0.4 is 15.8 Å². The topological polar surface area (TPSA) is 73.1 Å². The maximum atomic E-state index is 13.4. The van der Waals surface area contributed by atoms with Crippen LogP contribution in [0.4, 0.5) is 21.7 Å². The van der Waals surface area contributed by atoms with Gasteiger partial charge in [0.2, 0.25) is 0 Å². The highest BCUT2D eigenvalue weighted by molar-refractivity contribution is 5.64. The summed E-state index contributed by atoms with van der Waals surface area (Å²) in [6, 6.07) is 4.52. The Morgan fingerprint density at radius 3 is 2.62 bits per heavy atom. The zero-order valence-corrected chi connectivity index (χ0v) is 12.6. The fourth-order valence-electron chi connectivity index (χ4n) is 1.81. The molecule has 0 saturated carbocycles. The van der Waals surface area contributed by atoms with Crippen molar-refractivity contribution in [1.82, 2.24) is 9.97 Å². The molecule has 1 heterocycles. The molecule has 0 spiro atoms. The van der Waals surface area contributed by atoms with E-state index in [0.29, 0.717) is 23.1 Å². The van der Waals surface area contributed by atoms with Crippen molar-refractivity contribution in [3.63, 3.8) is 0 Å². The van der Waals surface area contributed by atoms with Crippen molar-refractivity contribution in [2.24, 2.45) is 0 Å². The number of halogens is 1. The molecule has 0 unspecified atom stereocenters. The van der Waals surface area contributed by atoms with Crippen LogP contribution >= 0.6 is 0 Å². The van der Waals surface area contributed by atoms with Crippen LogP contribution in [0.25, 0.3) is 0 Å². The number of hydrogen-bond acceptors (Lipinski definition) is 5. The maximum Gasteiger partial charge on any atom is 0.165 e. The standard InChI is InChI=1S/C15H19FN4O/c1-8(2)14-19-13(17)9(3)15(20-14)18-10-5-6-11(16)12(7-10)21-4/h5-8H,1-4H3,(H3,17,18,19,20). The van der Waals surface area contributed by atoms with Crippen LogP contribution in [0, 0.1) is 12.7 Å². The molecule has 112 valence electrons. The number of methoxy groups -OCH3 is 1. The summed E-state index contributed by atoms with van der Waals surface area (Å²) in [6.07, 6.45) is 0. The van der Waals surface area contributed by atoms with E-state index < -0.39 is 5.82 Å². The quantitative estimate of drug-likeness (QED) is 0.903. The summed E-state index contributed by atoms with van der Waals surface area (Å²) in [5.41, 5.74) is 7.34. The summed E-state index contributed by atoms with van der Waals surface area (Å²) in [4.78, 5) is 8.73. The molecule has 0 atom stereocenters. The van der Waals surface area contributed by atoms with Crippen molar-refractivity contribution in [2.45, 2.75) is 26.7 Å². The number of anilines is 3. The zero-order valence-electron chi connectivity index (χ0n) is 12.6. The van der Waals surface area contributed by atoms with E-state index >= 15 is 0 Å². The van der Waals surface area contributed by atoms with E-state index in [2.05, 4.69) is 15.3 Å². The molecule has 0 aliphatic rings. The van der Waals surface area contributed by atoms with Crippen LogP contribution in [0.5, 0.6) is 5.75 Å². The van der Waals surface area contributed by atoms with Gasteiger partial charge in [-0.2, -0.15) is 0 Å². The lowest BCUT2D eigenvalue weighted by Crippen LogP contribution is -2.08. The molecule has 2 aromatic rings. The lowest BCUT2D eigenvalue weighted by molar-refractivity contribution is 0.387. The number of nitrogens with zero attached hydrogens (tertiary/aromatic N) is 2. The molecule has 1 aromatic heterocycles. The summed E-state index contributed by atoms with van der Waals surface area (Å²) in [5, 5.41) is 3.13. The molecule has 0 amide bonds. The molecule has 0 radical (unpaired) electrons. The largest absolute Gasteiger partial charge is 0.494 e. The van der Waals surface area contributed by atoms with Gasteiger partial charge in [0.05, 0.1) is 7.11 Å². The number of aromatic nitrogens is 2. The summed E-state index contributed by atoms with van der Waals surface area (Å²) in [5.74, 6) is 1.63. The highest BCUT2D eigenvalue weighted by Crippen LogP contribution is 2.27. The van der Waals surface area contributed by atoms with Crippen molar-refractivity contribution in [2.75, 3.05) is 18.2 Å². The first-order valence-electron chi connectivity index (χ1n) is 6.67. The minimum absolute atomic E-state index is 0.163. The van der Waals surface area contributed by atoms with E-state index in [0.717, 1.165) is 5.56 Å². The molecule has 0 aliphatic heterocycles. The molecule has 3 N–H and O–H groups in total. The van der Waals surface area contributed by atoms with Gasteiger partial charge in [-0.05, 0) is 19.1 Å². The second-order valence-electron chi connectivity index (χ2n) is 5.07. The molecule has 0 saturated heterocycles. The van der Waals surface area contributed by atoms with Crippen LogP contribution in [0.3, 0.4) is 0 Å². The molecule has 0 fully saturated rings. The maximum absolute atomic E-state index is 13.4. The summed E-state index contributed by atoms with van der Waals surface area (Å²) in [7, 11) is 1.42. The van der Waals surface area contributed by atoms with Crippen molar-refractivity contribution in [1.29, 1.82) is 0 Å². The molecule has 1 aromatic carbocycles. The van der Waals surface area contributed by atoms with E-state index in [1.165, 1.54) is 13.2 Å². The molecule has 5 nitrogen and oxygen atoms in total. The van der Waals surface area contributed by atoms with Gasteiger partial charge in [-0.15, -0.1) is 0 Å². The summed E-state index contributed by atoms with van der Waals surface area (Å²) < 4.78 is 18.4. The first-order chi connectivity index (χ1) is 9.92. The normalized spacial score (nSPS) is 10.8. The highest BCUT2D eigenvalue weighted by atomic mass is 19.1. The first kappa shape index (κ1) is 15.0. The number of benzene rings is 1. The Morgan fingerprint density at radius 2 is 2.00 bits per heavy atom. The van der Waals surface area contributed by atoms with Gasteiger partial charge in [-0.3, -0.25) is 0 Å². The predicted molar refractivity (Wildman–Crippen MR) is 81.5 cm³/mol. The van der Waals surface area contributed by atoms with Crippen molar-refractivity contribution in [3.05, 3.63) is 35.4 Å². The Morgan fingerprint density at radius 1 is 1.29 bits per heavy atom. The Bertz CT molecular complexity index is 658. The first-order valence-corrected chi connectivity index (χ1v) is 6.67. The van der Waals surface area contributed by atoms with E-state index in [9.17, 15) is 4.39 Å². The van der Waals surface area contributed by atoms with Gasteiger partial charge in [0.25, 0.3) is 0 Å². The van der Waals surface area contributed by atoms with Gasteiger partial charge in [0.1, 0.15) is 17.5 Å². The Hall–Kier alpha value is -2.37. The smallest absolute Gasteiger partial charge is 0.165 e. The number of nitrogens with one attached hydrogen (secondary N) is 1. The number of nitrogen functional groups attached to an aromatic ring is 1. The summed E-state index contributed by atoms with van der Waals surface area (Å²) in [6.45, 7) is 5.83. The van der Waals surface area contributed by atoms with E-state index in [-0.39, 0.29) is 11.7 Å². The highest BCUT2D eigenvalue weighted by Gasteiger charge is 2.12. The van der Waals surface area contributed by atoms with Gasteiger partial charge >= 0.3 is 0 Å². The second-order valence-corrected chi connectivity index (χ2v) is 5.07. The number of hydrogen-bond donors (Lipinski definition) is 2. The zero-order chi connectivity index (χ0) is 15.6. The van der Waals surface area contributed by atoms with Gasteiger partial charge in [0.15, 0.2) is 11.6 Å². The lowest BCUT2D eigenvalue weighted by Gasteiger charge is -2.14. The van der Waals surface area contributed by atoms with Crippen LogP contribution in [0.1, 0.15) is 31.2 Å². The van der Waals surface area contributed by atoms with E-state index in [4.69, 9.17) is 10.5 Å². The average molecular weight is 290 g/mol. The van der Waals surface area contributed by atoms with Crippen LogP contribution in [0.15, 0.2) is 18.2 Å². The van der Waals surface area contributed by atoms with Crippen LogP contribution in [-0.4, -0.2) is 17.1 Å². The lowest BCUT2D eigenvalue weighted by atomic mass is 10.2. The number of ether oxygens (including phenoxy) is 1. The van der Waals surface area contributed by atoms with Gasteiger partial charge in [-0.1, -0.05) is 13.8 Å². The van der Waals surface area contributed by atoms with Crippen molar-refractivity contribution < 1.29 is 9.13 Å². The van der Waals surface area contributed by atoms with Crippen LogP contribution in [-0.2, 0) is 0 Å². The molecule has 2 rings (SSSR count). The van der Waals surface area contributed by atoms with E-state index in [1.807, 2.05) is 20.8 Å². The molecule has 6 heteroatoms. The Kier molecular flexibility index (Phi) is 4.26. The van der Waals surface area contributed by atoms with Gasteiger partial charge in [-0.25, -0.2) is 14.4 Å². The summed E-state index contributed by atoms with van der Waals surface area (Å²) >= 11 is 0. The second kappa shape index (κ2) is 5.95. The Labute approximate surface area is 123 Å². The minimum atomic E-state index is -0.412. The third kappa shape index (κ3) is 3.21. The molecular weight excluding hydrogens is 271 g/mol. The predicted octanol–water partition coefficient (Wildman–Crippen LogP) is 3.38. The van der Waals surface area contributed by atoms with Crippen molar-refractivity contribution in [3.8, 4) is 5.75 Å². The molecular formula is C15H19FN4O. The fraction of sp³-hybridized carbons (Fsp3) is 0.333. The Balaban J connectivity index is 2.39. The minimum Gasteiger partial charge on any atom is -0.494 e. The number of rotatable bonds is 4. The van der Waals surface area contributed by atoms with E-state index in [1.54, 1.807) is 12.1 Å². The van der Waals surface area contributed by atoms with Crippen LogP contribution in [0.2, 0.25) is 0 Å². The SMILES string of the molecule is COc1cc(Nc2nc(C(C)C)nc(N)c2C)ccc1F. The fourth-order valence-corrected chi connectivity index (χ4v) is 1.81. The molecule has 0 aliphatic carbocycles.